The van der Waals surface area contributed by atoms with Gasteiger partial charge in [0.15, 0.2) is 12.4 Å². The van der Waals surface area contributed by atoms with Crippen molar-refractivity contribution >= 4 is 28.4 Å². The molecule has 34 heavy (non-hydrogen) atoms. The number of fused-ring (bicyclic) bond motifs is 2. The smallest absolute Gasteiger partial charge is 0.449 e. The van der Waals surface area contributed by atoms with Crippen LogP contribution in [0.3, 0.4) is 0 Å². The summed E-state index contributed by atoms with van der Waals surface area (Å²) in [7, 11) is 0. The average Bonchev–Trinajstić information content (AvgIpc) is 3.19. The molecule has 0 atom stereocenters. The highest BCUT2D eigenvalue weighted by Crippen LogP contribution is 2.33. The number of amides is 1. The number of nitrogens with zero attached hydrogens (tertiary/aromatic N) is 3. The lowest BCUT2D eigenvalue weighted by Crippen LogP contribution is -2.38. The summed E-state index contributed by atoms with van der Waals surface area (Å²) < 4.78 is 47.3. The molecule has 2 aliphatic heterocycles. The number of carbonyl (C=O) groups is 2. The molecule has 5 rings (SSSR count). The molecule has 0 spiro atoms. The number of Topliss-reactive ketones (excluding diaryl/α,β-unsaturated/α-hetero) is 1. The number of hydrogen-bond acceptors (Lipinski definition) is 5. The lowest BCUT2D eigenvalue weighted by molar-refractivity contribution is -0.147. The molecule has 1 N–H and O–H groups in total. The minimum absolute atomic E-state index is 0.0471. The summed E-state index contributed by atoms with van der Waals surface area (Å²) in [4.78, 5) is 30.1. The van der Waals surface area contributed by atoms with E-state index >= 15 is 0 Å². The Hall–Kier alpha value is -3.40. The van der Waals surface area contributed by atoms with E-state index in [-0.39, 0.29) is 37.3 Å². The van der Waals surface area contributed by atoms with Gasteiger partial charge < -0.3 is 14.6 Å². The fourth-order valence-corrected chi connectivity index (χ4v) is 4.61. The monoisotopic (exact) mass is 472 g/mol. The van der Waals surface area contributed by atoms with Gasteiger partial charge in [0.1, 0.15) is 5.75 Å². The fourth-order valence-electron chi connectivity index (χ4n) is 4.61. The Kier molecular flexibility index (Phi) is 5.76. The number of hydrogen-bond donors (Lipinski definition) is 1. The van der Waals surface area contributed by atoms with Gasteiger partial charge in [0.2, 0.25) is 5.82 Å². The van der Waals surface area contributed by atoms with Gasteiger partial charge in [-0.3, -0.25) is 14.5 Å². The predicted octanol–water partition coefficient (Wildman–Crippen LogP) is 3.98. The number of para-hydroxylation sites is 2. The summed E-state index contributed by atoms with van der Waals surface area (Å²) in [5, 5.41) is 2.70. The van der Waals surface area contributed by atoms with Crippen LogP contribution >= 0.6 is 0 Å². The molecule has 3 heterocycles. The van der Waals surface area contributed by atoms with Gasteiger partial charge in [-0.1, -0.05) is 12.1 Å². The maximum atomic E-state index is 13.6. The molecular weight excluding hydrogens is 449 g/mol. The van der Waals surface area contributed by atoms with Crippen molar-refractivity contribution in [1.29, 1.82) is 0 Å². The lowest BCUT2D eigenvalue weighted by atomic mass is 9.96. The fraction of sp³-hybridized carbons (Fsp3) is 0.375. The zero-order valence-electron chi connectivity index (χ0n) is 18.3. The second kappa shape index (κ2) is 8.75. The zero-order valence-corrected chi connectivity index (χ0v) is 18.3. The molecule has 2 aromatic carbocycles. The number of ketones is 1. The van der Waals surface area contributed by atoms with Crippen LogP contribution in [0.5, 0.6) is 5.75 Å². The van der Waals surface area contributed by atoms with Crippen LogP contribution in [0.2, 0.25) is 0 Å². The number of anilines is 1. The Balaban J connectivity index is 1.22. The van der Waals surface area contributed by atoms with E-state index in [4.69, 9.17) is 4.74 Å². The third-order valence-electron chi connectivity index (χ3n) is 6.36. The topological polar surface area (TPSA) is 76.5 Å². The second-order valence-electron chi connectivity index (χ2n) is 8.72. The maximum Gasteiger partial charge on any atom is 0.449 e. The first-order valence-electron chi connectivity index (χ1n) is 11.1. The van der Waals surface area contributed by atoms with Gasteiger partial charge >= 0.3 is 6.18 Å². The van der Waals surface area contributed by atoms with Crippen LogP contribution in [-0.4, -0.2) is 52.4 Å². The Labute approximate surface area is 193 Å². The predicted molar refractivity (Wildman–Crippen MR) is 119 cm³/mol. The molecule has 0 radical (unpaired) electrons. The molecule has 0 bridgehead atoms. The van der Waals surface area contributed by atoms with E-state index < -0.39 is 12.0 Å². The number of nitrogens with one attached hydrogen (secondary N) is 1. The van der Waals surface area contributed by atoms with Crippen molar-refractivity contribution in [3.63, 3.8) is 0 Å². The Morgan fingerprint density at radius 1 is 1.15 bits per heavy atom. The average molecular weight is 472 g/mol. The third kappa shape index (κ3) is 4.50. The number of benzene rings is 2. The quantitative estimate of drug-likeness (QED) is 0.569. The van der Waals surface area contributed by atoms with Crippen LogP contribution in [0, 0.1) is 5.92 Å². The number of likely N-dealkylation sites (tertiary alicyclic amines) is 1. The van der Waals surface area contributed by atoms with Crippen LogP contribution in [0.25, 0.3) is 11.0 Å². The molecule has 10 heteroatoms. The first kappa shape index (κ1) is 22.4. The van der Waals surface area contributed by atoms with Crippen molar-refractivity contribution in [1.82, 2.24) is 14.5 Å². The Morgan fingerprint density at radius 3 is 2.68 bits per heavy atom. The molecule has 1 amide bonds. The van der Waals surface area contributed by atoms with Crippen molar-refractivity contribution in [2.24, 2.45) is 5.92 Å². The van der Waals surface area contributed by atoms with Crippen LogP contribution in [0.4, 0.5) is 18.9 Å². The summed E-state index contributed by atoms with van der Waals surface area (Å²) in [5.74, 6) is -0.627. The highest BCUT2D eigenvalue weighted by atomic mass is 19.4. The van der Waals surface area contributed by atoms with Gasteiger partial charge in [0.05, 0.1) is 23.3 Å². The molecule has 1 saturated heterocycles. The molecule has 1 aromatic heterocycles. The lowest BCUT2D eigenvalue weighted by Gasteiger charge is -2.32. The van der Waals surface area contributed by atoms with Crippen LogP contribution in [0.15, 0.2) is 42.5 Å². The number of aromatic nitrogens is 2. The maximum absolute atomic E-state index is 13.6. The first-order valence-corrected chi connectivity index (χ1v) is 11.1. The standard InChI is InChI=1S/C24H23F3N4O3/c25-24(26,27)23-29-17-3-1-2-4-19(17)31(23)12-15-7-9-30(10-8-15)13-20(32)16-5-6-21-18(11-16)28-22(33)14-34-21/h1-6,11,15H,7-10,12-14H2,(H,28,33). The largest absolute Gasteiger partial charge is 0.482 e. The number of carbonyl (C=O) groups excluding carboxylic acids is 2. The molecule has 2 aliphatic rings. The van der Waals surface area contributed by atoms with E-state index in [0.717, 1.165) is 0 Å². The van der Waals surface area contributed by atoms with E-state index in [1.54, 1.807) is 42.5 Å². The summed E-state index contributed by atoms with van der Waals surface area (Å²) >= 11 is 0. The molecule has 178 valence electrons. The Bertz CT molecular complexity index is 1250. The van der Waals surface area contributed by atoms with Gasteiger partial charge in [0, 0.05) is 12.1 Å². The summed E-state index contributed by atoms with van der Waals surface area (Å²) in [6, 6.07) is 11.6. The minimum atomic E-state index is -4.52. The number of piperidine rings is 1. The van der Waals surface area contributed by atoms with Crippen molar-refractivity contribution in [2.45, 2.75) is 25.6 Å². The second-order valence-corrected chi connectivity index (χ2v) is 8.72. The molecule has 1 fully saturated rings. The van der Waals surface area contributed by atoms with Gasteiger partial charge in [0.25, 0.3) is 5.91 Å². The highest BCUT2D eigenvalue weighted by Gasteiger charge is 2.38. The molecule has 0 unspecified atom stereocenters. The van der Waals surface area contributed by atoms with Gasteiger partial charge in [-0.15, -0.1) is 0 Å². The number of rotatable bonds is 5. The van der Waals surface area contributed by atoms with E-state index in [1.165, 1.54) is 4.57 Å². The van der Waals surface area contributed by atoms with Crippen LogP contribution < -0.4 is 10.1 Å². The van der Waals surface area contributed by atoms with Gasteiger partial charge in [-0.2, -0.15) is 13.2 Å². The van der Waals surface area contributed by atoms with E-state index in [2.05, 4.69) is 10.3 Å². The van der Waals surface area contributed by atoms with Crippen molar-refractivity contribution in [2.75, 3.05) is 31.6 Å². The van der Waals surface area contributed by atoms with E-state index in [9.17, 15) is 22.8 Å². The summed E-state index contributed by atoms with van der Waals surface area (Å²) in [6.07, 6.45) is -3.15. The number of halogens is 3. The normalized spacial score (nSPS) is 17.3. The summed E-state index contributed by atoms with van der Waals surface area (Å²) in [6.45, 7) is 1.64. The zero-order chi connectivity index (χ0) is 23.9. The minimum Gasteiger partial charge on any atom is -0.482 e. The highest BCUT2D eigenvalue weighted by molar-refractivity contribution is 6.01. The van der Waals surface area contributed by atoms with E-state index in [1.807, 2.05) is 4.90 Å². The van der Waals surface area contributed by atoms with E-state index in [0.29, 0.717) is 54.0 Å². The molecular formula is C24H23F3N4O3. The van der Waals surface area contributed by atoms with Crippen molar-refractivity contribution in [3.05, 3.63) is 53.9 Å². The van der Waals surface area contributed by atoms with Gasteiger partial charge in [-0.25, -0.2) is 4.98 Å². The Morgan fingerprint density at radius 2 is 1.91 bits per heavy atom. The summed E-state index contributed by atoms with van der Waals surface area (Å²) in [5.41, 5.74) is 1.78. The SMILES string of the molecule is O=C1COc2ccc(C(=O)CN3CCC(Cn4c(C(F)(F)F)nc5ccccc54)CC3)cc2N1. The number of ether oxygens (including phenoxy) is 1. The molecule has 0 saturated carbocycles. The molecule has 0 aliphatic carbocycles. The van der Waals surface area contributed by atoms with Crippen LogP contribution in [0.1, 0.15) is 29.0 Å². The van der Waals surface area contributed by atoms with Crippen molar-refractivity contribution < 1.29 is 27.5 Å². The third-order valence-corrected chi connectivity index (χ3v) is 6.36. The van der Waals surface area contributed by atoms with Crippen molar-refractivity contribution in [3.8, 4) is 5.75 Å². The molecule has 3 aromatic rings. The number of imidazole rings is 1. The molecule has 7 nitrogen and oxygen atoms in total. The number of alkyl halides is 3. The van der Waals surface area contributed by atoms with Crippen LogP contribution in [-0.2, 0) is 17.5 Å². The first-order chi connectivity index (χ1) is 16.3. The van der Waals surface area contributed by atoms with Gasteiger partial charge in [-0.05, 0) is 62.2 Å².